The Morgan fingerprint density at radius 3 is 3.08 bits per heavy atom. The second-order valence-corrected chi connectivity index (χ2v) is 4.18. The van der Waals surface area contributed by atoms with E-state index in [0.717, 1.165) is 22.9 Å². The van der Waals surface area contributed by atoms with Gasteiger partial charge in [-0.1, -0.05) is 0 Å². The fourth-order valence-corrected chi connectivity index (χ4v) is 2.22. The topological polar surface area (TPSA) is 22.1 Å². The predicted octanol–water partition coefficient (Wildman–Crippen LogP) is 2.55. The molecule has 0 N–H and O–H groups in total. The molecule has 0 unspecified atom stereocenters. The summed E-state index contributed by atoms with van der Waals surface area (Å²) in [7, 11) is 1.69. The molecule has 0 saturated carbocycles. The lowest BCUT2D eigenvalue weighted by Crippen LogP contribution is -1.81. The minimum atomic E-state index is 0.919. The van der Waals surface area contributed by atoms with Crippen molar-refractivity contribution in [3.05, 3.63) is 33.5 Å². The quantitative estimate of drug-likeness (QED) is 0.683. The van der Waals surface area contributed by atoms with Crippen LogP contribution in [0.15, 0.2) is 17.9 Å². The van der Waals surface area contributed by atoms with Gasteiger partial charge in [-0.25, -0.2) is 4.98 Å². The third kappa shape index (κ3) is 1.65. The van der Waals surface area contributed by atoms with Crippen molar-refractivity contribution in [2.24, 2.45) is 0 Å². The van der Waals surface area contributed by atoms with Crippen molar-refractivity contribution in [3.63, 3.8) is 0 Å². The first-order valence-electron chi connectivity index (χ1n) is 4.18. The van der Waals surface area contributed by atoms with Crippen molar-refractivity contribution < 1.29 is 4.74 Å². The highest BCUT2D eigenvalue weighted by Crippen LogP contribution is 2.23. The van der Waals surface area contributed by atoms with Crippen molar-refractivity contribution in [2.75, 3.05) is 7.11 Å². The highest BCUT2D eigenvalue weighted by molar-refractivity contribution is 7.11. The SMILES string of the molecule is COC1=CCc2sc(C)nc2C=C1. The molecule has 1 aliphatic carbocycles. The zero-order chi connectivity index (χ0) is 9.26. The molecule has 0 aliphatic heterocycles. The summed E-state index contributed by atoms with van der Waals surface area (Å²) >= 11 is 1.75. The molecule has 1 aliphatic rings. The summed E-state index contributed by atoms with van der Waals surface area (Å²) in [6, 6.07) is 0. The van der Waals surface area contributed by atoms with Crippen LogP contribution in [0.2, 0.25) is 0 Å². The van der Waals surface area contributed by atoms with E-state index in [2.05, 4.69) is 11.1 Å². The molecular weight excluding hydrogens is 182 g/mol. The van der Waals surface area contributed by atoms with Crippen molar-refractivity contribution >= 4 is 17.4 Å². The molecule has 0 saturated heterocycles. The van der Waals surface area contributed by atoms with Crippen molar-refractivity contribution in [2.45, 2.75) is 13.3 Å². The Morgan fingerprint density at radius 2 is 2.31 bits per heavy atom. The monoisotopic (exact) mass is 193 g/mol. The molecule has 1 aromatic rings. The second-order valence-electron chi connectivity index (χ2n) is 2.89. The first kappa shape index (κ1) is 8.51. The van der Waals surface area contributed by atoms with Crippen molar-refractivity contribution in [1.29, 1.82) is 0 Å². The van der Waals surface area contributed by atoms with E-state index in [4.69, 9.17) is 4.74 Å². The molecular formula is C10H11NOS. The molecule has 0 fully saturated rings. The number of rotatable bonds is 1. The van der Waals surface area contributed by atoms with Gasteiger partial charge < -0.3 is 4.74 Å². The first-order valence-corrected chi connectivity index (χ1v) is 5.00. The van der Waals surface area contributed by atoms with E-state index in [9.17, 15) is 0 Å². The standard InChI is InChI=1S/C10H11NOS/c1-7-11-9-5-3-8(12-2)4-6-10(9)13-7/h3-5H,6H2,1-2H3. The number of thiazole rings is 1. The summed E-state index contributed by atoms with van der Waals surface area (Å²) < 4.78 is 5.15. The van der Waals surface area contributed by atoms with E-state index in [-0.39, 0.29) is 0 Å². The van der Waals surface area contributed by atoms with E-state index in [0.29, 0.717) is 0 Å². The molecule has 0 bridgehead atoms. The van der Waals surface area contributed by atoms with Gasteiger partial charge in [0.1, 0.15) is 5.76 Å². The molecule has 2 rings (SSSR count). The molecule has 1 aromatic heterocycles. The van der Waals surface area contributed by atoms with Gasteiger partial charge in [0.15, 0.2) is 0 Å². The van der Waals surface area contributed by atoms with Crippen LogP contribution in [0.4, 0.5) is 0 Å². The number of fused-ring (bicyclic) bond motifs is 1. The van der Waals surface area contributed by atoms with E-state index in [1.807, 2.05) is 19.1 Å². The van der Waals surface area contributed by atoms with Crippen LogP contribution >= 0.6 is 11.3 Å². The maximum absolute atomic E-state index is 5.15. The minimum absolute atomic E-state index is 0.919. The second kappa shape index (κ2) is 3.34. The van der Waals surface area contributed by atoms with Crippen LogP contribution in [0.1, 0.15) is 15.6 Å². The summed E-state index contributed by atoms with van der Waals surface area (Å²) in [6.07, 6.45) is 6.99. The molecule has 68 valence electrons. The third-order valence-corrected chi connectivity index (χ3v) is 2.97. The fourth-order valence-electron chi connectivity index (χ4n) is 1.34. The highest BCUT2D eigenvalue weighted by Gasteiger charge is 2.08. The van der Waals surface area contributed by atoms with Crippen LogP contribution < -0.4 is 0 Å². The molecule has 0 amide bonds. The summed E-state index contributed by atoms with van der Waals surface area (Å²) in [5.74, 6) is 0.919. The Bertz CT molecular complexity index is 376. The van der Waals surface area contributed by atoms with Gasteiger partial charge >= 0.3 is 0 Å². The third-order valence-electron chi connectivity index (χ3n) is 1.96. The van der Waals surface area contributed by atoms with Crippen LogP contribution in [0.25, 0.3) is 6.08 Å². The Hall–Kier alpha value is -1.09. The summed E-state index contributed by atoms with van der Waals surface area (Å²) in [6.45, 7) is 2.04. The van der Waals surface area contributed by atoms with Gasteiger partial charge in [-0.05, 0) is 25.2 Å². The van der Waals surface area contributed by atoms with Crippen LogP contribution in [0, 0.1) is 6.92 Å². The Morgan fingerprint density at radius 1 is 1.46 bits per heavy atom. The zero-order valence-corrected chi connectivity index (χ0v) is 8.52. The highest BCUT2D eigenvalue weighted by atomic mass is 32.1. The normalized spacial score (nSPS) is 14.8. The smallest absolute Gasteiger partial charge is 0.115 e. The van der Waals surface area contributed by atoms with Gasteiger partial charge in [0.2, 0.25) is 0 Å². The van der Waals surface area contributed by atoms with Crippen LogP contribution in [0.5, 0.6) is 0 Å². The molecule has 0 spiro atoms. The van der Waals surface area contributed by atoms with Gasteiger partial charge in [-0.2, -0.15) is 0 Å². The van der Waals surface area contributed by atoms with E-state index in [1.54, 1.807) is 18.4 Å². The molecule has 0 aromatic carbocycles. The van der Waals surface area contributed by atoms with Gasteiger partial charge in [-0.15, -0.1) is 11.3 Å². The molecule has 1 heterocycles. The Kier molecular flexibility index (Phi) is 2.19. The maximum atomic E-state index is 5.15. The number of hydrogen-bond donors (Lipinski definition) is 0. The summed E-state index contributed by atoms with van der Waals surface area (Å²) in [4.78, 5) is 5.74. The van der Waals surface area contributed by atoms with E-state index >= 15 is 0 Å². The fraction of sp³-hybridized carbons (Fsp3) is 0.300. The average molecular weight is 193 g/mol. The molecule has 2 nitrogen and oxygen atoms in total. The lowest BCUT2D eigenvalue weighted by Gasteiger charge is -1.95. The molecule has 13 heavy (non-hydrogen) atoms. The first-order chi connectivity index (χ1) is 6.29. The number of aryl methyl sites for hydroxylation is 1. The van der Waals surface area contributed by atoms with Crippen molar-refractivity contribution in [1.82, 2.24) is 4.98 Å². The lowest BCUT2D eigenvalue weighted by molar-refractivity contribution is 0.306. The number of aromatic nitrogens is 1. The van der Waals surface area contributed by atoms with Gasteiger partial charge in [-0.3, -0.25) is 0 Å². The lowest BCUT2D eigenvalue weighted by atomic mass is 10.3. The average Bonchev–Trinajstić information content (AvgIpc) is 2.37. The van der Waals surface area contributed by atoms with Gasteiger partial charge in [0.05, 0.1) is 17.8 Å². The molecule has 0 atom stereocenters. The number of methoxy groups -OCH3 is 1. The number of ether oxygens (including phenoxy) is 1. The summed E-state index contributed by atoms with van der Waals surface area (Å²) in [5.41, 5.74) is 1.09. The van der Waals surface area contributed by atoms with E-state index < -0.39 is 0 Å². The number of hydrogen-bond acceptors (Lipinski definition) is 3. The van der Waals surface area contributed by atoms with Crippen LogP contribution in [-0.2, 0) is 11.2 Å². The number of nitrogens with zero attached hydrogens (tertiary/aromatic N) is 1. The Labute approximate surface area is 81.6 Å². The molecule has 0 radical (unpaired) electrons. The van der Waals surface area contributed by atoms with Crippen molar-refractivity contribution in [3.8, 4) is 0 Å². The van der Waals surface area contributed by atoms with Gasteiger partial charge in [0, 0.05) is 11.3 Å². The largest absolute Gasteiger partial charge is 0.497 e. The predicted molar refractivity (Wildman–Crippen MR) is 54.7 cm³/mol. The molecule has 3 heteroatoms. The van der Waals surface area contributed by atoms with Crippen LogP contribution in [0.3, 0.4) is 0 Å². The zero-order valence-electron chi connectivity index (χ0n) is 7.70. The summed E-state index contributed by atoms with van der Waals surface area (Å²) in [5, 5.41) is 1.13. The van der Waals surface area contributed by atoms with Crippen LogP contribution in [-0.4, -0.2) is 12.1 Å². The minimum Gasteiger partial charge on any atom is -0.497 e. The maximum Gasteiger partial charge on any atom is 0.115 e. The van der Waals surface area contributed by atoms with Gasteiger partial charge in [0.25, 0.3) is 0 Å². The number of allylic oxidation sites excluding steroid dienone is 2. The Balaban J connectivity index is 2.36. The van der Waals surface area contributed by atoms with E-state index in [1.165, 1.54) is 4.88 Å².